The molecule has 5 N–H and O–H groups in total. The van der Waals surface area contributed by atoms with E-state index in [4.69, 9.17) is 15.9 Å². The number of aliphatic carboxylic acids is 2. The van der Waals surface area contributed by atoms with Crippen molar-refractivity contribution in [2.75, 3.05) is 5.75 Å². The molecule has 0 radical (unpaired) electrons. The van der Waals surface area contributed by atoms with E-state index < -0.39 is 24.0 Å². The van der Waals surface area contributed by atoms with Gasteiger partial charge in [-0.1, -0.05) is 30.3 Å². The summed E-state index contributed by atoms with van der Waals surface area (Å²) in [6, 6.07) is 7.59. The van der Waals surface area contributed by atoms with Gasteiger partial charge in [-0.25, -0.2) is 4.79 Å². The molecule has 1 amide bonds. The van der Waals surface area contributed by atoms with Crippen molar-refractivity contribution >= 4 is 30.5 Å². The molecule has 0 heterocycles. The van der Waals surface area contributed by atoms with Crippen LogP contribution in [0, 0.1) is 0 Å². The summed E-state index contributed by atoms with van der Waals surface area (Å²) in [5, 5.41) is 19.4. The van der Waals surface area contributed by atoms with Crippen LogP contribution in [0.15, 0.2) is 30.3 Å². The normalized spacial score (nSPS) is 12.3. The van der Waals surface area contributed by atoms with Crippen LogP contribution >= 0.6 is 12.6 Å². The first-order valence-corrected chi connectivity index (χ1v) is 7.54. The highest BCUT2D eigenvalue weighted by Crippen LogP contribution is 2.03. The Kier molecular flexibility index (Phi) is 10.5. The van der Waals surface area contributed by atoms with Crippen molar-refractivity contribution in [3.05, 3.63) is 35.9 Å². The van der Waals surface area contributed by atoms with E-state index in [0.29, 0.717) is 18.6 Å². The predicted octanol–water partition coefficient (Wildman–Crippen LogP) is 0.537. The van der Waals surface area contributed by atoms with Crippen LogP contribution in [0.2, 0.25) is 0 Å². The number of rotatable bonds is 7. The fraction of sp³-hybridized carbons (Fsp3) is 0.400. The maximum Gasteiger partial charge on any atom is 0.326 e. The lowest BCUT2D eigenvalue weighted by atomic mass is 10.1. The molecule has 0 aliphatic rings. The Balaban J connectivity index is 0.000000515. The molecule has 7 nitrogen and oxygen atoms in total. The third kappa shape index (κ3) is 10.3. The fourth-order valence-electron chi connectivity index (χ4n) is 1.56. The van der Waals surface area contributed by atoms with Gasteiger partial charge in [0.1, 0.15) is 12.1 Å². The second kappa shape index (κ2) is 11.5. The van der Waals surface area contributed by atoms with Crippen LogP contribution in [0.5, 0.6) is 0 Å². The molecule has 0 aliphatic heterocycles. The van der Waals surface area contributed by atoms with E-state index in [9.17, 15) is 14.4 Å². The van der Waals surface area contributed by atoms with E-state index in [-0.39, 0.29) is 5.91 Å². The standard InChI is InChI=1S/C11H13NO3.C4H9NO2S/c1-8(13)12-10(11(14)15)7-9-5-3-2-4-6-9;5-3(1-2-8)4(6)7/h2-6,10H,7H2,1H3,(H,12,13)(H,14,15);3,8H,1-2,5H2,(H,6,7)/t10-;3-/m00/s1. The molecular formula is C15H22N2O5S. The minimum Gasteiger partial charge on any atom is -0.480 e. The topological polar surface area (TPSA) is 130 Å². The van der Waals surface area contributed by atoms with Crippen LogP contribution in [-0.2, 0) is 20.8 Å². The molecular weight excluding hydrogens is 320 g/mol. The highest BCUT2D eigenvalue weighted by Gasteiger charge is 2.18. The average Bonchev–Trinajstić information content (AvgIpc) is 2.48. The summed E-state index contributed by atoms with van der Waals surface area (Å²) >= 11 is 3.81. The summed E-state index contributed by atoms with van der Waals surface area (Å²) in [5.74, 6) is -1.79. The molecule has 0 bridgehead atoms. The second-order valence-electron chi connectivity index (χ2n) is 4.74. The van der Waals surface area contributed by atoms with Crippen LogP contribution in [0.3, 0.4) is 0 Å². The van der Waals surface area contributed by atoms with Crippen molar-refractivity contribution in [1.82, 2.24) is 5.32 Å². The first-order valence-electron chi connectivity index (χ1n) is 6.91. The molecule has 0 saturated heterocycles. The number of hydrogen-bond donors (Lipinski definition) is 5. The fourth-order valence-corrected chi connectivity index (χ4v) is 1.84. The summed E-state index contributed by atoms with van der Waals surface area (Å²) in [4.78, 5) is 31.5. The van der Waals surface area contributed by atoms with Crippen molar-refractivity contribution in [2.24, 2.45) is 5.73 Å². The number of amides is 1. The molecule has 2 atom stereocenters. The second-order valence-corrected chi connectivity index (χ2v) is 5.19. The van der Waals surface area contributed by atoms with Gasteiger partial charge in [0.2, 0.25) is 5.91 Å². The lowest BCUT2D eigenvalue weighted by molar-refractivity contribution is -0.141. The summed E-state index contributed by atoms with van der Waals surface area (Å²) < 4.78 is 0. The first-order chi connectivity index (χ1) is 10.8. The lowest BCUT2D eigenvalue weighted by Gasteiger charge is -2.12. The van der Waals surface area contributed by atoms with E-state index in [1.54, 1.807) is 0 Å². The van der Waals surface area contributed by atoms with Crippen LogP contribution in [-0.4, -0.2) is 45.9 Å². The molecule has 0 aliphatic carbocycles. The molecule has 1 aromatic rings. The zero-order chi connectivity index (χ0) is 17.8. The minimum atomic E-state index is -1.02. The van der Waals surface area contributed by atoms with Gasteiger partial charge < -0.3 is 21.3 Å². The number of nitrogens with one attached hydrogen (secondary N) is 1. The van der Waals surface area contributed by atoms with Crippen LogP contribution in [0.25, 0.3) is 0 Å². The number of carboxylic acids is 2. The maximum atomic E-state index is 10.8. The van der Waals surface area contributed by atoms with Gasteiger partial charge in [-0.15, -0.1) is 0 Å². The molecule has 1 rings (SSSR count). The number of thiol groups is 1. The highest BCUT2D eigenvalue weighted by atomic mass is 32.1. The molecule has 0 spiro atoms. The monoisotopic (exact) mass is 342 g/mol. The van der Waals surface area contributed by atoms with Gasteiger partial charge >= 0.3 is 11.9 Å². The number of hydrogen-bond acceptors (Lipinski definition) is 5. The Morgan fingerprint density at radius 1 is 1.17 bits per heavy atom. The minimum absolute atomic E-state index is 0.301. The first kappa shape index (κ1) is 20.9. The summed E-state index contributed by atoms with van der Waals surface area (Å²) in [5.41, 5.74) is 5.97. The van der Waals surface area contributed by atoms with Crippen molar-refractivity contribution in [3.63, 3.8) is 0 Å². The van der Waals surface area contributed by atoms with E-state index in [1.807, 2.05) is 30.3 Å². The van der Waals surface area contributed by atoms with E-state index in [2.05, 4.69) is 17.9 Å². The van der Waals surface area contributed by atoms with Gasteiger partial charge in [0.25, 0.3) is 0 Å². The SMILES string of the molecule is CC(=O)N[C@@H](Cc1ccccc1)C(=O)O.N[C@@H](CCS)C(=O)O. The van der Waals surface area contributed by atoms with Gasteiger partial charge in [0.15, 0.2) is 0 Å². The number of carbonyl (C=O) groups excluding carboxylic acids is 1. The maximum absolute atomic E-state index is 10.8. The predicted molar refractivity (Wildman–Crippen MR) is 89.5 cm³/mol. The summed E-state index contributed by atoms with van der Waals surface area (Å²) in [6.45, 7) is 1.31. The Morgan fingerprint density at radius 2 is 1.74 bits per heavy atom. The lowest BCUT2D eigenvalue weighted by Crippen LogP contribution is -2.41. The Labute approximate surface area is 140 Å². The summed E-state index contributed by atoms with van der Waals surface area (Å²) in [6.07, 6.45) is 0.730. The average molecular weight is 342 g/mol. The highest BCUT2D eigenvalue weighted by molar-refractivity contribution is 7.80. The molecule has 23 heavy (non-hydrogen) atoms. The number of carboxylic acid groups (broad SMARTS) is 2. The van der Waals surface area contributed by atoms with E-state index in [1.165, 1.54) is 6.92 Å². The molecule has 0 aromatic heterocycles. The van der Waals surface area contributed by atoms with Crippen molar-refractivity contribution in [3.8, 4) is 0 Å². The van der Waals surface area contributed by atoms with Crippen LogP contribution < -0.4 is 11.1 Å². The van der Waals surface area contributed by atoms with Gasteiger partial charge in [0.05, 0.1) is 0 Å². The number of carbonyl (C=O) groups is 3. The van der Waals surface area contributed by atoms with E-state index in [0.717, 1.165) is 5.56 Å². The van der Waals surface area contributed by atoms with Crippen LogP contribution in [0.1, 0.15) is 18.9 Å². The number of benzene rings is 1. The quantitative estimate of drug-likeness (QED) is 0.460. The van der Waals surface area contributed by atoms with E-state index >= 15 is 0 Å². The Hall–Kier alpha value is -2.06. The zero-order valence-corrected chi connectivity index (χ0v) is 13.7. The zero-order valence-electron chi connectivity index (χ0n) is 12.8. The van der Waals surface area contributed by atoms with Gasteiger partial charge in [-0.05, 0) is 17.7 Å². The summed E-state index contributed by atoms with van der Waals surface area (Å²) in [7, 11) is 0. The smallest absolute Gasteiger partial charge is 0.326 e. The number of nitrogens with two attached hydrogens (primary N) is 1. The molecule has 1 aromatic carbocycles. The molecule has 8 heteroatoms. The van der Waals surface area contributed by atoms with Crippen molar-refractivity contribution in [1.29, 1.82) is 0 Å². The Bertz CT molecular complexity index is 510. The molecule has 0 saturated carbocycles. The largest absolute Gasteiger partial charge is 0.480 e. The molecule has 0 fully saturated rings. The van der Waals surface area contributed by atoms with Crippen molar-refractivity contribution < 1.29 is 24.6 Å². The molecule has 128 valence electrons. The van der Waals surface area contributed by atoms with Gasteiger partial charge in [-0.2, -0.15) is 12.6 Å². The van der Waals surface area contributed by atoms with Gasteiger partial charge in [0, 0.05) is 13.3 Å². The third-order valence-electron chi connectivity index (χ3n) is 2.72. The Morgan fingerprint density at radius 3 is 2.09 bits per heavy atom. The van der Waals surface area contributed by atoms with Crippen LogP contribution in [0.4, 0.5) is 0 Å². The third-order valence-corrected chi connectivity index (χ3v) is 2.97. The van der Waals surface area contributed by atoms with Crippen molar-refractivity contribution in [2.45, 2.75) is 31.8 Å². The van der Waals surface area contributed by atoms with Gasteiger partial charge in [-0.3, -0.25) is 9.59 Å². The molecule has 0 unspecified atom stereocenters.